The molecule has 0 aromatic heterocycles. The minimum Gasteiger partial charge on any atom is -0.462 e. The molecule has 0 N–H and O–H groups in total. The monoisotopic (exact) mass is 405 g/mol. The Bertz CT molecular complexity index is 833. The number of amides is 2. The van der Waals surface area contributed by atoms with Gasteiger partial charge in [-0.25, -0.2) is 9.18 Å². The Kier molecular flexibility index (Phi) is 4.94. The lowest BCUT2D eigenvalue weighted by Crippen LogP contribution is -2.31. The summed E-state index contributed by atoms with van der Waals surface area (Å²) < 4.78 is 19.2. The zero-order valence-corrected chi connectivity index (χ0v) is 14.6. The molecule has 2 aromatic rings. The van der Waals surface area contributed by atoms with Crippen molar-refractivity contribution in [1.82, 2.24) is 4.90 Å². The Morgan fingerprint density at radius 3 is 2.36 bits per heavy atom. The molecule has 25 heavy (non-hydrogen) atoms. The van der Waals surface area contributed by atoms with Crippen LogP contribution in [0.15, 0.2) is 46.9 Å². The van der Waals surface area contributed by atoms with Crippen molar-refractivity contribution in [3.05, 3.63) is 69.4 Å². The number of esters is 1. The van der Waals surface area contributed by atoms with Crippen molar-refractivity contribution in [3.63, 3.8) is 0 Å². The highest BCUT2D eigenvalue weighted by Crippen LogP contribution is 2.22. The Morgan fingerprint density at radius 2 is 1.72 bits per heavy atom. The second-order valence-electron chi connectivity index (χ2n) is 5.42. The fourth-order valence-corrected chi connectivity index (χ4v) is 2.92. The van der Waals surface area contributed by atoms with Crippen LogP contribution in [-0.2, 0) is 4.74 Å². The van der Waals surface area contributed by atoms with E-state index in [1.165, 1.54) is 18.2 Å². The van der Waals surface area contributed by atoms with Gasteiger partial charge in [-0.05, 0) is 36.8 Å². The number of carbonyl (C=O) groups excluding carboxylic acids is 3. The number of halogens is 2. The molecule has 5 nitrogen and oxygen atoms in total. The summed E-state index contributed by atoms with van der Waals surface area (Å²) >= 11 is 3.16. The van der Waals surface area contributed by atoms with Gasteiger partial charge >= 0.3 is 5.97 Å². The van der Waals surface area contributed by atoms with Crippen molar-refractivity contribution >= 4 is 33.7 Å². The molecule has 128 valence electrons. The molecule has 1 aliphatic heterocycles. The summed E-state index contributed by atoms with van der Waals surface area (Å²) in [7, 11) is 0. The van der Waals surface area contributed by atoms with Crippen LogP contribution in [0.3, 0.4) is 0 Å². The summed E-state index contributed by atoms with van der Waals surface area (Å²) in [6.45, 7) is 0.0960. The maximum Gasteiger partial charge on any atom is 0.341 e. The van der Waals surface area contributed by atoms with E-state index in [-0.39, 0.29) is 37.0 Å². The quantitative estimate of drug-likeness (QED) is 0.434. The molecule has 0 saturated carbocycles. The van der Waals surface area contributed by atoms with Crippen molar-refractivity contribution < 1.29 is 23.5 Å². The summed E-state index contributed by atoms with van der Waals surface area (Å²) in [5, 5.41) is 0. The molecule has 0 radical (unpaired) electrons. The van der Waals surface area contributed by atoms with Gasteiger partial charge in [0.25, 0.3) is 11.8 Å². The van der Waals surface area contributed by atoms with Crippen LogP contribution in [0.2, 0.25) is 0 Å². The summed E-state index contributed by atoms with van der Waals surface area (Å²) in [6.07, 6.45) is 0.271. The van der Waals surface area contributed by atoms with E-state index in [0.717, 1.165) is 4.90 Å². The Labute approximate surface area is 151 Å². The molecule has 0 bridgehead atoms. The van der Waals surface area contributed by atoms with E-state index in [1.807, 2.05) is 0 Å². The van der Waals surface area contributed by atoms with Crippen LogP contribution in [0.25, 0.3) is 0 Å². The van der Waals surface area contributed by atoms with Crippen LogP contribution in [0.4, 0.5) is 4.39 Å². The number of ether oxygens (including phenoxy) is 1. The molecule has 1 heterocycles. The third-order valence-corrected chi connectivity index (χ3v) is 4.28. The number of hydrogen-bond donors (Lipinski definition) is 0. The van der Waals surface area contributed by atoms with Crippen LogP contribution in [0, 0.1) is 5.82 Å². The fraction of sp³-hybridized carbons (Fsp3) is 0.167. The van der Waals surface area contributed by atoms with Gasteiger partial charge in [-0.15, -0.1) is 0 Å². The maximum atomic E-state index is 13.6. The average molecular weight is 406 g/mol. The number of carbonyl (C=O) groups is 3. The SMILES string of the molecule is O=C(OCCCN1C(=O)c2ccccc2C1=O)c1cc(Br)ccc1F. The first-order chi connectivity index (χ1) is 12.0. The fourth-order valence-electron chi connectivity index (χ4n) is 2.56. The van der Waals surface area contributed by atoms with Gasteiger partial charge in [-0.3, -0.25) is 14.5 Å². The number of imide groups is 1. The van der Waals surface area contributed by atoms with E-state index in [4.69, 9.17) is 4.74 Å². The first-order valence-electron chi connectivity index (χ1n) is 7.56. The smallest absolute Gasteiger partial charge is 0.341 e. The topological polar surface area (TPSA) is 63.7 Å². The van der Waals surface area contributed by atoms with Gasteiger partial charge in [0.1, 0.15) is 5.82 Å². The van der Waals surface area contributed by atoms with E-state index >= 15 is 0 Å². The normalized spacial score (nSPS) is 13.1. The molecular weight excluding hydrogens is 393 g/mol. The molecule has 7 heteroatoms. The number of hydrogen-bond acceptors (Lipinski definition) is 4. The summed E-state index contributed by atoms with van der Waals surface area (Å²) in [6, 6.07) is 10.6. The van der Waals surface area contributed by atoms with Crippen molar-refractivity contribution in [2.24, 2.45) is 0 Å². The van der Waals surface area contributed by atoms with Crippen LogP contribution in [-0.4, -0.2) is 35.8 Å². The van der Waals surface area contributed by atoms with E-state index in [9.17, 15) is 18.8 Å². The average Bonchev–Trinajstić information content (AvgIpc) is 2.85. The van der Waals surface area contributed by atoms with E-state index in [1.54, 1.807) is 24.3 Å². The summed E-state index contributed by atoms with van der Waals surface area (Å²) in [5.41, 5.74) is 0.580. The minimum absolute atomic E-state index is 0.0296. The third-order valence-electron chi connectivity index (χ3n) is 3.79. The van der Waals surface area contributed by atoms with Crippen molar-refractivity contribution in [2.75, 3.05) is 13.2 Å². The zero-order chi connectivity index (χ0) is 18.0. The molecule has 0 spiro atoms. The number of fused-ring (bicyclic) bond motifs is 1. The highest BCUT2D eigenvalue weighted by atomic mass is 79.9. The highest BCUT2D eigenvalue weighted by Gasteiger charge is 2.34. The Morgan fingerprint density at radius 1 is 1.08 bits per heavy atom. The summed E-state index contributed by atoms with van der Waals surface area (Å²) in [4.78, 5) is 37.4. The Hall–Kier alpha value is -2.54. The molecule has 0 atom stereocenters. The summed E-state index contributed by atoms with van der Waals surface area (Å²) in [5.74, 6) is -2.18. The molecule has 1 aliphatic rings. The van der Waals surface area contributed by atoms with Crippen molar-refractivity contribution in [2.45, 2.75) is 6.42 Å². The van der Waals surface area contributed by atoms with Gasteiger partial charge in [-0.1, -0.05) is 28.1 Å². The van der Waals surface area contributed by atoms with Gasteiger partial charge in [-0.2, -0.15) is 0 Å². The predicted molar refractivity (Wildman–Crippen MR) is 90.8 cm³/mol. The molecule has 0 unspecified atom stereocenters. The van der Waals surface area contributed by atoms with Gasteiger partial charge in [0.05, 0.1) is 23.3 Å². The lowest BCUT2D eigenvalue weighted by Gasteiger charge is -2.13. The van der Waals surface area contributed by atoms with Crippen molar-refractivity contribution in [3.8, 4) is 0 Å². The standard InChI is InChI=1S/C18H13BrFNO4/c19-11-6-7-15(20)14(10-11)18(24)25-9-3-8-21-16(22)12-4-1-2-5-13(12)17(21)23/h1-2,4-7,10H,3,8-9H2. The maximum absolute atomic E-state index is 13.6. The first-order valence-corrected chi connectivity index (χ1v) is 8.35. The van der Waals surface area contributed by atoms with Crippen molar-refractivity contribution in [1.29, 1.82) is 0 Å². The zero-order valence-electron chi connectivity index (χ0n) is 13.0. The van der Waals surface area contributed by atoms with Gasteiger partial charge < -0.3 is 4.74 Å². The molecular formula is C18H13BrFNO4. The van der Waals surface area contributed by atoms with E-state index in [0.29, 0.717) is 15.6 Å². The Balaban J connectivity index is 1.54. The number of benzene rings is 2. The molecule has 0 fully saturated rings. The number of rotatable bonds is 5. The van der Waals surface area contributed by atoms with Crippen LogP contribution in [0.1, 0.15) is 37.5 Å². The second-order valence-corrected chi connectivity index (χ2v) is 6.34. The van der Waals surface area contributed by atoms with Crippen LogP contribution < -0.4 is 0 Å². The molecule has 2 amide bonds. The molecule has 3 rings (SSSR count). The van der Waals surface area contributed by atoms with Gasteiger partial charge in [0, 0.05) is 11.0 Å². The van der Waals surface area contributed by atoms with E-state index in [2.05, 4.69) is 15.9 Å². The first kappa shape index (κ1) is 17.3. The third kappa shape index (κ3) is 3.46. The lowest BCUT2D eigenvalue weighted by molar-refractivity contribution is 0.0477. The van der Waals surface area contributed by atoms with E-state index < -0.39 is 11.8 Å². The van der Waals surface area contributed by atoms with Crippen LogP contribution >= 0.6 is 15.9 Å². The largest absolute Gasteiger partial charge is 0.462 e. The number of nitrogens with zero attached hydrogens (tertiary/aromatic N) is 1. The second kappa shape index (κ2) is 7.14. The minimum atomic E-state index is -0.791. The molecule has 0 saturated heterocycles. The molecule has 0 aliphatic carbocycles. The molecule has 2 aromatic carbocycles. The van der Waals surface area contributed by atoms with Gasteiger partial charge in [0.15, 0.2) is 0 Å². The van der Waals surface area contributed by atoms with Crippen LogP contribution in [0.5, 0.6) is 0 Å². The lowest BCUT2D eigenvalue weighted by atomic mass is 10.1. The highest BCUT2D eigenvalue weighted by molar-refractivity contribution is 9.10. The van der Waals surface area contributed by atoms with Gasteiger partial charge in [0.2, 0.25) is 0 Å². The predicted octanol–water partition coefficient (Wildman–Crippen LogP) is 3.43.